The largest absolute Gasteiger partial charge is 0.467 e. The molecule has 79 heavy (non-hydrogen) atoms. The molecule has 2 fully saturated rings. The highest BCUT2D eigenvalue weighted by atomic mass is 35.5. The van der Waals surface area contributed by atoms with E-state index in [0.29, 0.717) is 42.7 Å². The molecule has 14 nitrogen and oxygen atoms in total. The quantitative estimate of drug-likeness (QED) is 0.0569. The molecule has 1 aromatic heterocycles. The van der Waals surface area contributed by atoms with Gasteiger partial charge in [-0.1, -0.05) is 124 Å². The van der Waals surface area contributed by atoms with E-state index in [-0.39, 0.29) is 24.5 Å². The summed E-state index contributed by atoms with van der Waals surface area (Å²) in [5.74, 6) is -2.01. The van der Waals surface area contributed by atoms with Gasteiger partial charge in [-0.05, 0) is 106 Å². The van der Waals surface area contributed by atoms with E-state index in [1.165, 1.54) is 55.8 Å². The number of ether oxygens (including phenoxy) is 1. The highest BCUT2D eigenvalue weighted by Gasteiger charge is 2.44. The molecule has 0 radical (unpaired) electrons. The topological polar surface area (TPSA) is 151 Å². The van der Waals surface area contributed by atoms with Gasteiger partial charge in [-0.3, -0.25) is 14.6 Å². The summed E-state index contributed by atoms with van der Waals surface area (Å²) in [5, 5.41) is 18.9. The smallest absolute Gasteiger partial charge is 0.318 e. The number of allylic oxidation sites excluding steroid dienone is 2. The number of nitrogens with zero attached hydrogens (tertiary/aromatic N) is 10. The van der Waals surface area contributed by atoms with Crippen molar-refractivity contribution < 1.29 is 27.5 Å². The number of anilines is 2. The monoisotopic (exact) mass is 1120 g/mol. The molecule has 9 rings (SSSR count). The highest BCUT2D eigenvalue weighted by Crippen LogP contribution is 2.49. The van der Waals surface area contributed by atoms with E-state index in [9.17, 15) is 28.0 Å². The maximum Gasteiger partial charge on any atom is 0.318 e. The molecule has 5 heterocycles. The summed E-state index contributed by atoms with van der Waals surface area (Å²) in [6.07, 6.45) is 10.3. The molecule has 2 saturated heterocycles. The van der Waals surface area contributed by atoms with Gasteiger partial charge in [0.2, 0.25) is 6.41 Å². The van der Waals surface area contributed by atoms with Gasteiger partial charge in [0, 0.05) is 69.0 Å². The molecule has 0 bridgehead atoms. The number of thioether (sulfide) groups is 1. The van der Waals surface area contributed by atoms with Crippen LogP contribution in [0.4, 0.5) is 24.7 Å². The van der Waals surface area contributed by atoms with Crippen LogP contribution >= 0.6 is 23.4 Å². The van der Waals surface area contributed by atoms with Crippen molar-refractivity contribution in [2.24, 2.45) is 10.8 Å². The Morgan fingerprint density at radius 2 is 1.68 bits per heavy atom. The Morgan fingerprint density at radius 1 is 0.975 bits per heavy atom. The first-order valence-electron chi connectivity index (χ1n) is 26.7. The second-order valence-electron chi connectivity index (χ2n) is 18.8. The van der Waals surface area contributed by atoms with Gasteiger partial charge in [0.05, 0.1) is 42.9 Å². The predicted octanol–water partition coefficient (Wildman–Crippen LogP) is 11.1. The summed E-state index contributed by atoms with van der Waals surface area (Å²) in [4.78, 5) is 41.3. The standard InChI is InChI=1S/C27H26ClFN6O2.C18H19F2N3S.C9H18N2O.C4H6.C2H6/c1-17(29)26(36)35-14-13-34(15-19(35)9-11-30)25-20-10-12-33(16-22(20)31-27(32-25)37-2)23-8-4-6-18-5-3-7-21(28)24(18)23;1-23-18(10-5-11-21,13-6-3-2-4-7-13)24-17(22-23)15-12-14(19)8-9-16(15)20;1-10(9-12)5-4-8-11-6-2-3-7-11;1-3-4-2;1-2/h3-8,19H,1,9-10,12-16H2,2H3;2-4,6-9,12H,5,10-11,21H2,1H3;9H,2-8H2,1H3;3-4H,1-2H2;1-2H3/t;18-;;;/m.0.../s1. The Balaban J connectivity index is 0.000000233. The number of amides is 2. The van der Waals surface area contributed by atoms with Crippen LogP contribution < -0.4 is 20.3 Å². The number of hydrazone groups is 1. The van der Waals surface area contributed by atoms with E-state index in [4.69, 9.17) is 22.1 Å². The lowest BCUT2D eigenvalue weighted by Gasteiger charge is -2.42. The van der Waals surface area contributed by atoms with Crippen molar-refractivity contribution in [3.8, 4) is 12.1 Å². The molecule has 2 amide bonds. The number of hydrogen-bond acceptors (Lipinski definition) is 13. The zero-order valence-electron chi connectivity index (χ0n) is 46.2. The summed E-state index contributed by atoms with van der Waals surface area (Å²) in [7, 11) is 5.22. The van der Waals surface area contributed by atoms with Crippen molar-refractivity contribution in [2.75, 3.05) is 89.9 Å². The molecule has 0 spiro atoms. The van der Waals surface area contributed by atoms with Gasteiger partial charge in [0.1, 0.15) is 27.4 Å². The molecule has 2 N–H and O–H groups in total. The number of nitrogens with two attached hydrogens (primary N) is 1. The van der Waals surface area contributed by atoms with Crippen molar-refractivity contribution >= 4 is 63.0 Å². The fourth-order valence-corrected chi connectivity index (χ4v) is 11.4. The Hall–Kier alpha value is -6.91. The fraction of sp³-hybridized carbons (Fsp3) is 0.400. The van der Waals surface area contributed by atoms with E-state index >= 15 is 0 Å². The number of methoxy groups -OCH3 is 1. The van der Waals surface area contributed by atoms with E-state index in [2.05, 4.69) is 56.7 Å². The maximum atomic E-state index is 14.2. The van der Waals surface area contributed by atoms with E-state index < -0.39 is 34.3 Å². The zero-order chi connectivity index (χ0) is 57.5. The minimum absolute atomic E-state index is 0.0789. The van der Waals surface area contributed by atoms with Gasteiger partial charge in [-0.15, -0.1) is 0 Å². The number of carbonyl (C=O) groups is 2. The fourth-order valence-electron chi connectivity index (χ4n) is 9.72. The van der Waals surface area contributed by atoms with Crippen molar-refractivity contribution in [1.29, 1.82) is 5.26 Å². The van der Waals surface area contributed by atoms with E-state index in [1.807, 2.05) is 98.5 Å². The molecular formula is C60H75ClF3N11O3S. The van der Waals surface area contributed by atoms with Crippen molar-refractivity contribution in [2.45, 2.75) is 76.3 Å². The molecule has 1 unspecified atom stereocenters. The van der Waals surface area contributed by atoms with Crippen LogP contribution in [-0.2, 0) is 27.4 Å². The normalized spacial score (nSPS) is 17.4. The van der Waals surface area contributed by atoms with Gasteiger partial charge in [-0.25, -0.2) is 13.2 Å². The summed E-state index contributed by atoms with van der Waals surface area (Å²) < 4.78 is 46.8. The first kappa shape index (κ1) is 62.9. The Labute approximate surface area is 474 Å². The van der Waals surface area contributed by atoms with Gasteiger partial charge in [-0.2, -0.15) is 20.3 Å². The number of aromatic nitrogens is 2. The minimum Gasteiger partial charge on any atom is -0.467 e. The van der Waals surface area contributed by atoms with Crippen LogP contribution in [0.5, 0.6) is 6.01 Å². The number of piperazine rings is 1. The summed E-state index contributed by atoms with van der Waals surface area (Å²) in [5.41, 5.74) is 9.87. The second kappa shape index (κ2) is 31.6. The zero-order valence-corrected chi connectivity index (χ0v) is 47.8. The lowest BCUT2D eigenvalue weighted by atomic mass is 10.0. The number of fused-ring (bicyclic) bond motifs is 2. The molecule has 422 valence electrons. The molecule has 0 saturated carbocycles. The first-order chi connectivity index (χ1) is 38.2. The van der Waals surface area contributed by atoms with Gasteiger partial charge in [0.25, 0.3) is 5.91 Å². The van der Waals surface area contributed by atoms with E-state index in [1.54, 1.807) is 17.1 Å². The van der Waals surface area contributed by atoms with Crippen molar-refractivity contribution in [3.63, 3.8) is 0 Å². The minimum atomic E-state index is -1.02. The van der Waals surface area contributed by atoms with Crippen LogP contribution in [0.2, 0.25) is 5.02 Å². The third-order valence-electron chi connectivity index (χ3n) is 13.6. The molecular weight excluding hydrogens is 1050 g/mol. The Kier molecular flexibility index (Phi) is 25.2. The molecule has 5 aromatic rings. The third kappa shape index (κ3) is 16.6. The third-order valence-corrected chi connectivity index (χ3v) is 15.5. The van der Waals surface area contributed by atoms with Crippen LogP contribution in [0.3, 0.4) is 0 Å². The molecule has 0 aliphatic carbocycles. The predicted molar refractivity (Wildman–Crippen MR) is 316 cm³/mol. The second-order valence-corrected chi connectivity index (χ2v) is 20.4. The van der Waals surface area contributed by atoms with Crippen LogP contribution in [0.1, 0.15) is 74.8 Å². The summed E-state index contributed by atoms with van der Waals surface area (Å²) in [6.45, 7) is 21.3. The molecule has 4 aromatic carbocycles. The average molecular weight is 1120 g/mol. The Bertz CT molecular complexity index is 2900. The SMILES string of the molecule is C=C(F)C(=O)N1CCN(c2nc(OC)nc3c2CCN(c2cccc4cccc(Cl)c24)C3)CC1CC#N.C=CC=C.CC.CN(C=O)CCCN1CCCC1.CN1N=C(c2cc(F)ccc2F)S[C@@]1(CCCN)c1ccccc1. The highest BCUT2D eigenvalue weighted by molar-refractivity contribution is 8.15. The van der Waals surface area contributed by atoms with Crippen molar-refractivity contribution in [1.82, 2.24) is 29.7 Å². The number of hydrogen-bond donors (Lipinski definition) is 1. The van der Waals surface area contributed by atoms with Gasteiger partial charge >= 0.3 is 6.01 Å². The first-order valence-corrected chi connectivity index (χ1v) is 27.9. The number of halogens is 4. The Morgan fingerprint density at radius 3 is 2.33 bits per heavy atom. The van der Waals surface area contributed by atoms with Crippen LogP contribution in [0, 0.1) is 23.0 Å². The summed E-state index contributed by atoms with van der Waals surface area (Å²) >= 11 is 8.04. The van der Waals surface area contributed by atoms with Crippen LogP contribution in [-0.4, -0.2) is 133 Å². The number of nitriles is 1. The lowest BCUT2D eigenvalue weighted by Crippen LogP contribution is -2.55. The molecule has 19 heteroatoms. The van der Waals surface area contributed by atoms with Gasteiger partial charge in [0.15, 0.2) is 5.83 Å². The van der Waals surface area contributed by atoms with Crippen LogP contribution in [0.15, 0.2) is 128 Å². The number of benzene rings is 4. The van der Waals surface area contributed by atoms with Gasteiger partial charge < -0.3 is 35.0 Å². The summed E-state index contributed by atoms with van der Waals surface area (Å²) in [6, 6.07) is 27.3. The number of likely N-dealkylation sites (tertiary alicyclic amines) is 1. The van der Waals surface area contributed by atoms with Crippen LogP contribution in [0.25, 0.3) is 10.8 Å². The van der Waals surface area contributed by atoms with E-state index in [0.717, 1.165) is 96.5 Å². The number of rotatable bonds is 16. The molecule has 4 aliphatic rings. The lowest BCUT2D eigenvalue weighted by molar-refractivity contribution is -0.131. The molecule has 2 atom stereocenters. The average Bonchev–Trinajstić information content (AvgIpc) is 4.33. The van der Waals surface area contributed by atoms with Crippen molar-refractivity contribution in [3.05, 3.63) is 162 Å². The molecule has 4 aliphatic heterocycles. The number of carbonyl (C=O) groups excluding carboxylic acids is 2. The maximum absolute atomic E-state index is 14.2.